The Hall–Kier alpha value is -1.56. The molecular formula is C13H19NO4S. The lowest BCUT2D eigenvalue weighted by atomic mass is 10.1. The molecule has 6 heteroatoms. The zero-order chi connectivity index (χ0) is 14.5. The molecule has 0 fully saturated rings. The van der Waals surface area contributed by atoms with E-state index >= 15 is 0 Å². The second kappa shape index (κ2) is 6.56. The SMILES string of the molecule is CCc1ccc(NS(=O)(=O)CCCC(=O)O)cc1C. The number of hydrogen-bond acceptors (Lipinski definition) is 3. The number of carboxylic acid groups (broad SMARTS) is 1. The van der Waals surface area contributed by atoms with Crippen LogP contribution in [0.4, 0.5) is 5.69 Å². The molecule has 0 saturated carbocycles. The zero-order valence-electron chi connectivity index (χ0n) is 11.1. The van der Waals surface area contributed by atoms with Crippen molar-refractivity contribution in [3.63, 3.8) is 0 Å². The van der Waals surface area contributed by atoms with E-state index in [0.29, 0.717) is 5.69 Å². The van der Waals surface area contributed by atoms with E-state index in [9.17, 15) is 13.2 Å². The molecule has 0 aliphatic rings. The van der Waals surface area contributed by atoms with Crippen LogP contribution in [0, 0.1) is 6.92 Å². The van der Waals surface area contributed by atoms with Gasteiger partial charge in [-0.1, -0.05) is 13.0 Å². The summed E-state index contributed by atoms with van der Waals surface area (Å²) in [5, 5.41) is 8.48. The van der Waals surface area contributed by atoms with Crippen LogP contribution < -0.4 is 4.72 Å². The number of anilines is 1. The molecule has 0 amide bonds. The van der Waals surface area contributed by atoms with Crippen LogP contribution in [0.3, 0.4) is 0 Å². The maximum atomic E-state index is 11.7. The van der Waals surface area contributed by atoms with Gasteiger partial charge in [0.25, 0.3) is 0 Å². The highest BCUT2D eigenvalue weighted by Crippen LogP contribution is 2.17. The van der Waals surface area contributed by atoms with Crippen LogP contribution in [0.2, 0.25) is 0 Å². The third-order valence-electron chi connectivity index (χ3n) is 2.80. The number of nitrogens with one attached hydrogen (secondary N) is 1. The molecule has 19 heavy (non-hydrogen) atoms. The maximum Gasteiger partial charge on any atom is 0.303 e. The summed E-state index contributed by atoms with van der Waals surface area (Å²) >= 11 is 0. The molecule has 0 heterocycles. The summed E-state index contributed by atoms with van der Waals surface area (Å²) in [5.74, 6) is -1.17. The minimum absolute atomic E-state index is 0.108. The van der Waals surface area contributed by atoms with Crippen molar-refractivity contribution in [2.45, 2.75) is 33.1 Å². The van der Waals surface area contributed by atoms with Gasteiger partial charge in [0.15, 0.2) is 0 Å². The highest BCUT2D eigenvalue weighted by atomic mass is 32.2. The number of carbonyl (C=O) groups is 1. The molecule has 0 aliphatic carbocycles. The zero-order valence-corrected chi connectivity index (χ0v) is 12.0. The molecular weight excluding hydrogens is 266 g/mol. The van der Waals surface area contributed by atoms with Gasteiger partial charge in [-0.05, 0) is 43.0 Å². The van der Waals surface area contributed by atoms with Crippen LogP contribution in [-0.4, -0.2) is 25.2 Å². The quantitative estimate of drug-likeness (QED) is 0.804. The minimum Gasteiger partial charge on any atom is -0.481 e. The predicted molar refractivity (Wildman–Crippen MR) is 74.8 cm³/mol. The van der Waals surface area contributed by atoms with Crippen molar-refractivity contribution in [3.8, 4) is 0 Å². The first kappa shape index (κ1) is 15.5. The van der Waals surface area contributed by atoms with Gasteiger partial charge in [-0.3, -0.25) is 9.52 Å². The van der Waals surface area contributed by atoms with Gasteiger partial charge in [-0.2, -0.15) is 0 Å². The van der Waals surface area contributed by atoms with Crippen molar-refractivity contribution < 1.29 is 18.3 Å². The molecule has 106 valence electrons. The first-order chi connectivity index (χ1) is 8.84. The standard InChI is InChI=1S/C13H19NO4S/c1-3-11-6-7-12(9-10(11)2)14-19(17,18)8-4-5-13(15)16/h6-7,9,14H,3-5,8H2,1-2H3,(H,15,16). The molecule has 0 spiro atoms. The summed E-state index contributed by atoms with van der Waals surface area (Å²) in [7, 11) is -3.48. The number of sulfonamides is 1. The van der Waals surface area contributed by atoms with Crippen molar-refractivity contribution >= 4 is 21.7 Å². The van der Waals surface area contributed by atoms with E-state index in [0.717, 1.165) is 12.0 Å². The van der Waals surface area contributed by atoms with Crippen molar-refractivity contribution in [2.24, 2.45) is 0 Å². The summed E-state index contributed by atoms with van der Waals surface area (Å²) in [6.07, 6.45) is 0.864. The van der Waals surface area contributed by atoms with E-state index in [1.165, 1.54) is 5.56 Å². The van der Waals surface area contributed by atoms with Gasteiger partial charge in [0, 0.05) is 12.1 Å². The highest BCUT2D eigenvalue weighted by molar-refractivity contribution is 7.92. The fraction of sp³-hybridized carbons (Fsp3) is 0.462. The smallest absolute Gasteiger partial charge is 0.303 e. The molecule has 0 aliphatic heterocycles. The molecule has 0 aromatic heterocycles. The average molecular weight is 285 g/mol. The van der Waals surface area contributed by atoms with Gasteiger partial charge >= 0.3 is 5.97 Å². The Kier molecular flexibility index (Phi) is 5.35. The Balaban J connectivity index is 2.67. The van der Waals surface area contributed by atoms with Crippen molar-refractivity contribution in [1.29, 1.82) is 0 Å². The Labute approximate surface area is 113 Å². The number of aliphatic carboxylic acids is 1. The second-order valence-corrected chi connectivity index (χ2v) is 6.25. The molecule has 0 saturated heterocycles. The lowest BCUT2D eigenvalue weighted by Crippen LogP contribution is -2.17. The van der Waals surface area contributed by atoms with E-state index in [2.05, 4.69) is 4.72 Å². The summed E-state index contributed by atoms with van der Waals surface area (Å²) in [6.45, 7) is 3.97. The Morgan fingerprint density at radius 1 is 1.37 bits per heavy atom. The van der Waals surface area contributed by atoms with Gasteiger partial charge in [-0.15, -0.1) is 0 Å². The molecule has 1 aromatic carbocycles. The van der Waals surface area contributed by atoms with Crippen LogP contribution in [0.5, 0.6) is 0 Å². The Morgan fingerprint density at radius 3 is 2.58 bits per heavy atom. The highest BCUT2D eigenvalue weighted by Gasteiger charge is 2.11. The van der Waals surface area contributed by atoms with Crippen LogP contribution >= 0.6 is 0 Å². The minimum atomic E-state index is -3.48. The summed E-state index contributed by atoms with van der Waals surface area (Å²) in [6, 6.07) is 5.40. The molecule has 0 radical (unpaired) electrons. The van der Waals surface area contributed by atoms with Gasteiger partial charge in [0.2, 0.25) is 10.0 Å². The topological polar surface area (TPSA) is 83.5 Å². The van der Waals surface area contributed by atoms with Crippen molar-refractivity contribution in [1.82, 2.24) is 0 Å². The van der Waals surface area contributed by atoms with Crippen LogP contribution in [0.15, 0.2) is 18.2 Å². The van der Waals surface area contributed by atoms with E-state index in [1.54, 1.807) is 12.1 Å². The fourth-order valence-corrected chi connectivity index (χ4v) is 2.91. The lowest BCUT2D eigenvalue weighted by Gasteiger charge is -2.10. The Morgan fingerprint density at radius 2 is 2.05 bits per heavy atom. The van der Waals surface area contributed by atoms with E-state index in [1.807, 2.05) is 19.9 Å². The summed E-state index contributed by atoms with van der Waals surface area (Å²) in [5.41, 5.74) is 2.73. The van der Waals surface area contributed by atoms with E-state index in [-0.39, 0.29) is 18.6 Å². The van der Waals surface area contributed by atoms with E-state index < -0.39 is 16.0 Å². The molecule has 2 N–H and O–H groups in total. The van der Waals surface area contributed by atoms with Crippen molar-refractivity contribution in [3.05, 3.63) is 29.3 Å². The van der Waals surface area contributed by atoms with E-state index in [4.69, 9.17) is 5.11 Å². The third kappa shape index (κ3) is 5.30. The Bertz CT molecular complexity index is 552. The van der Waals surface area contributed by atoms with Gasteiger partial charge < -0.3 is 5.11 Å². The molecule has 0 bridgehead atoms. The normalized spacial score (nSPS) is 11.3. The van der Waals surface area contributed by atoms with Crippen molar-refractivity contribution in [2.75, 3.05) is 10.5 Å². The first-order valence-corrected chi connectivity index (χ1v) is 7.81. The molecule has 1 rings (SSSR count). The number of aryl methyl sites for hydroxylation is 2. The lowest BCUT2D eigenvalue weighted by molar-refractivity contribution is -0.137. The van der Waals surface area contributed by atoms with Crippen LogP contribution in [0.1, 0.15) is 30.9 Å². The first-order valence-electron chi connectivity index (χ1n) is 6.16. The average Bonchev–Trinajstić information content (AvgIpc) is 2.27. The van der Waals surface area contributed by atoms with Crippen LogP contribution in [0.25, 0.3) is 0 Å². The van der Waals surface area contributed by atoms with Gasteiger partial charge in [0.1, 0.15) is 0 Å². The second-order valence-electron chi connectivity index (χ2n) is 4.41. The number of carboxylic acids is 1. The van der Waals surface area contributed by atoms with Crippen LogP contribution in [-0.2, 0) is 21.2 Å². The third-order valence-corrected chi connectivity index (χ3v) is 4.17. The monoisotopic (exact) mass is 285 g/mol. The largest absolute Gasteiger partial charge is 0.481 e. The maximum absolute atomic E-state index is 11.7. The van der Waals surface area contributed by atoms with Gasteiger partial charge in [0.05, 0.1) is 5.75 Å². The number of rotatable bonds is 7. The molecule has 5 nitrogen and oxygen atoms in total. The molecule has 1 aromatic rings. The molecule has 0 unspecified atom stereocenters. The molecule has 0 atom stereocenters. The number of benzene rings is 1. The fourth-order valence-electron chi connectivity index (χ4n) is 1.80. The predicted octanol–water partition coefficient (Wildman–Crippen LogP) is 2.16. The number of hydrogen-bond donors (Lipinski definition) is 2. The van der Waals surface area contributed by atoms with Gasteiger partial charge in [-0.25, -0.2) is 8.42 Å². The summed E-state index contributed by atoms with van der Waals surface area (Å²) in [4.78, 5) is 10.3. The summed E-state index contributed by atoms with van der Waals surface area (Å²) < 4.78 is 25.9.